The van der Waals surface area contributed by atoms with Crippen LogP contribution in [-0.2, 0) is 6.54 Å². The highest BCUT2D eigenvalue weighted by Gasteiger charge is 2.26. The van der Waals surface area contributed by atoms with Crippen molar-refractivity contribution in [3.63, 3.8) is 0 Å². The lowest BCUT2D eigenvalue weighted by molar-refractivity contribution is 0.0957. The summed E-state index contributed by atoms with van der Waals surface area (Å²) in [5.74, 6) is 1.04. The highest BCUT2D eigenvalue weighted by molar-refractivity contribution is 5.94. The first-order valence-corrected chi connectivity index (χ1v) is 8.42. The molecule has 1 amide bonds. The Morgan fingerprint density at radius 1 is 1.48 bits per heavy atom. The fraction of sp³-hybridized carbons (Fsp3) is 0.474. The van der Waals surface area contributed by atoms with Crippen molar-refractivity contribution >= 4 is 5.91 Å². The van der Waals surface area contributed by atoms with E-state index >= 15 is 0 Å². The van der Waals surface area contributed by atoms with Gasteiger partial charge >= 0.3 is 0 Å². The summed E-state index contributed by atoms with van der Waals surface area (Å²) in [7, 11) is 0. The van der Waals surface area contributed by atoms with Crippen molar-refractivity contribution in [2.45, 2.75) is 39.8 Å². The largest absolute Gasteiger partial charge is 0.348 e. The molecule has 2 heterocycles. The van der Waals surface area contributed by atoms with Gasteiger partial charge in [0.2, 0.25) is 0 Å². The van der Waals surface area contributed by atoms with Gasteiger partial charge in [-0.2, -0.15) is 0 Å². The van der Waals surface area contributed by atoms with E-state index in [4.69, 9.17) is 0 Å². The van der Waals surface area contributed by atoms with E-state index in [1.807, 2.05) is 6.07 Å². The molecule has 4 heteroatoms. The molecule has 1 aliphatic heterocycles. The van der Waals surface area contributed by atoms with E-state index in [0.717, 1.165) is 24.2 Å². The Balaban J connectivity index is 1.64. The third-order valence-electron chi connectivity index (χ3n) is 4.58. The number of hydrogen-bond donors (Lipinski definition) is 2. The molecule has 1 aromatic heterocycles. The first-order valence-electron chi connectivity index (χ1n) is 8.42. The maximum atomic E-state index is 12.3. The molecule has 4 nitrogen and oxygen atoms in total. The Labute approximate surface area is 138 Å². The molecule has 2 N–H and O–H groups in total. The van der Waals surface area contributed by atoms with Crippen molar-refractivity contribution < 1.29 is 4.79 Å². The Bertz CT molecular complexity index is 661. The number of rotatable bonds is 4. The molecule has 0 saturated heterocycles. The van der Waals surface area contributed by atoms with E-state index in [2.05, 4.69) is 54.6 Å². The smallest absolute Gasteiger partial charge is 0.253 e. The summed E-state index contributed by atoms with van der Waals surface area (Å²) in [5, 5.41) is 6.45. The molecule has 2 atom stereocenters. The zero-order valence-electron chi connectivity index (χ0n) is 14.1. The van der Waals surface area contributed by atoms with Crippen LogP contribution in [0.5, 0.6) is 0 Å². The monoisotopic (exact) mass is 311 g/mol. The van der Waals surface area contributed by atoms with Gasteiger partial charge in [-0.15, -0.1) is 0 Å². The van der Waals surface area contributed by atoms with Gasteiger partial charge in [-0.3, -0.25) is 9.78 Å². The van der Waals surface area contributed by atoms with Gasteiger partial charge < -0.3 is 10.6 Å². The number of nitrogens with zero attached hydrogens (tertiary/aromatic N) is 1. The van der Waals surface area contributed by atoms with Crippen LogP contribution >= 0.6 is 0 Å². The average molecular weight is 311 g/mol. The number of fused-ring (bicyclic) bond motifs is 1. The van der Waals surface area contributed by atoms with E-state index in [-0.39, 0.29) is 5.91 Å². The molecule has 1 aromatic rings. The minimum Gasteiger partial charge on any atom is -0.348 e. The highest BCUT2D eigenvalue weighted by Crippen LogP contribution is 2.29. The van der Waals surface area contributed by atoms with Gasteiger partial charge in [-0.25, -0.2) is 0 Å². The quantitative estimate of drug-likeness (QED) is 0.898. The molecule has 122 valence electrons. The van der Waals surface area contributed by atoms with Crippen molar-refractivity contribution in [1.29, 1.82) is 0 Å². The molecular weight excluding hydrogens is 286 g/mol. The summed E-state index contributed by atoms with van der Waals surface area (Å²) >= 11 is 0. The van der Waals surface area contributed by atoms with Gasteiger partial charge in [0, 0.05) is 19.3 Å². The van der Waals surface area contributed by atoms with E-state index in [1.165, 1.54) is 5.57 Å². The molecule has 0 bridgehead atoms. The summed E-state index contributed by atoms with van der Waals surface area (Å²) in [6, 6.07) is 2.27. The summed E-state index contributed by atoms with van der Waals surface area (Å²) in [4.78, 5) is 16.9. The van der Waals surface area contributed by atoms with Crippen LogP contribution in [0.25, 0.3) is 0 Å². The minimum atomic E-state index is -0.0544. The Morgan fingerprint density at radius 3 is 3.00 bits per heavy atom. The first-order chi connectivity index (χ1) is 11.0. The van der Waals surface area contributed by atoms with Gasteiger partial charge in [-0.1, -0.05) is 39.0 Å². The van der Waals surface area contributed by atoms with Crippen molar-refractivity contribution in [2.75, 3.05) is 6.54 Å². The van der Waals surface area contributed by atoms with Gasteiger partial charge in [0.25, 0.3) is 5.91 Å². The molecule has 3 rings (SSSR count). The lowest BCUT2D eigenvalue weighted by Crippen LogP contribution is -2.26. The van der Waals surface area contributed by atoms with E-state index in [0.29, 0.717) is 30.0 Å². The Morgan fingerprint density at radius 2 is 2.30 bits per heavy atom. The SMILES string of the molecule is CC1C=CC(CNC(=O)c2cnc3c(c2)CN[C@H]3C(C)C)=CC1. The standard InChI is InChI=1S/C19H25N3O/c1-12(2)17-18-15(10-20-17)8-16(11-21-18)19(23)22-9-14-6-4-13(3)5-7-14/h4,6-8,11-13,17,20H,5,9-10H2,1-3H3,(H,22,23)/t13?,17-/m0/s1. The maximum Gasteiger partial charge on any atom is 0.253 e. The summed E-state index contributed by atoms with van der Waals surface area (Å²) in [5.41, 5.74) is 4.04. The maximum absolute atomic E-state index is 12.3. The summed E-state index contributed by atoms with van der Waals surface area (Å²) in [6.45, 7) is 7.92. The molecule has 2 aliphatic rings. The van der Waals surface area contributed by atoms with Crippen LogP contribution in [0.2, 0.25) is 0 Å². The highest BCUT2D eigenvalue weighted by atomic mass is 16.1. The fourth-order valence-electron chi connectivity index (χ4n) is 3.12. The molecule has 0 saturated carbocycles. The van der Waals surface area contributed by atoms with Crippen molar-refractivity contribution in [3.8, 4) is 0 Å². The molecule has 23 heavy (non-hydrogen) atoms. The third kappa shape index (κ3) is 3.53. The van der Waals surface area contributed by atoms with Gasteiger partial charge in [0.1, 0.15) is 0 Å². The van der Waals surface area contributed by atoms with E-state index < -0.39 is 0 Å². The van der Waals surface area contributed by atoms with Crippen LogP contribution in [0, 0.1) is 11.8 Å². The molecular formula is C19H25N3O. The zero-order chi connectivity index (χ0) is 16.4. The van der Waals surface area contributed by atoms with Crippen molar-refractivity contribution in [1.82, 2.24) is 15.6 Å². The molecule has 0 fully saturated rings. The number of carbonyl (C=O) groups is 1. The topological polar surface area (TPSA) is 54.0 Å². The predicted octanol–water partition coefficient (Wildman–Crippen LogP) is 3.13. The van der Waals surface area contributed by atoms with Crippen LogP contribution in [0.15, 0.2) is 36.1 Å². The van der Waals surface area contributed by atoms with Crippen LogP contribution in [-0.4, -0.2) is 17.4 Å². The second-order valence-electron chi connectivity index (χ2n) is 6.90. The number of carbonyl (C=O) groups excluding carboxylic acids is 1. The van der Waals surface area contributed by atoms with E-state index in [1.54, 1.807) is 6.20 Å². The zero-order valence-corrected chi connectivity index (χ0v) is 14.1. The second-order valence-corrected chi connectivity index (χ2v) is 6.90. The van der Waals surface area contributed by atoms with Crippen LogP contribution < -0.4 is 10.6 Å². The van der Waals surface area contributed by atoms with Crippen molar-refractivity contribution in [2.24, 2.45) is 11.8 Å². The molecule has 0 aromatic carbocycles. The van der Waals surface area contributed by atoms with Gasteiger partial charge in [0.05, 0.1) is 17.3 Å². The van der Waals surface area contributed by atoms with Crippen molar-refractivity contribution in [3.05, 3.63) is 52.9 Å². The molecule has 1 unspecified atom stereocenters. The molecule has 1 aliphatic carbocycles. The average Bonchev–Trinajstić information content (AvgIpc) is 2.97. The second kappa shape index (κ2) is 6.67. The molecule has 0 radical (unpaired) electrons. The van der Waals surface area contributed by atoms with E-state index in [9.17, 15) is 4.79 Å². The predicted molar refractivity (Wildman–Crippen MR) is 92.0 cm³/mol. The minimum absolute atomic E-state index is 0.0544. The third-order valence-corrected chi connectivity index (χ3v) is 4.58. The number of hydrogen-bond acceptors (Lipinski definition) is 3. The number of allylic oxidation sites excluding steroid dienone is 2. The summed E-state index contributed by atoms with van der Waals surface area (Å²) in [6.07, 6.45) is 9.24. The lowest BCUT2D eigenvalue weighted by Gasteiger charge is -2.15. The Kier molecular flexibility index (Phi) is 4.62. The Hall–Kier alpha value is -1.94. The van der Waals surface area contributed by atoms with Crippen LogP contribution in [0.4, 0.5) is 0 Å². The number of aromatic nitrogens is 1. The van der Waals surface area contributed by atoms with Crippen LogP contribution in [0.3, 0.4) is 0 Å². The number of pyridine rings is 1. The first kappa shape index (κ1) is 15.9. The van der Waals surface area contributed by atoms with Gasteiger partial charge in [0.15, 0.2) is 0 Å². The fourth-order valence-corrected chi connectivity index (χ4v) is 3.12. The lowest BCUT2D eigenvalue weighted by atomic mass is 9.98. The number of nitrogens with one attached hydrogen (secondary N) is 2. The van der Waals surface area contributed by atoms with Crippen LogP contribution in [0.1, 0.15) is 54.8 Å². The molecule has 0 spiro atoms. The number of amides is 1. The normalized spacial score (nSPS) is 22.9. The summed E-state index contributed by atoms with van der Waals surface area (Å²) < 4.78 is 0. The van der Waals surface area contributed by atoms with Gasteiger partial charge in [-0.05, 0) is 35.5 Å².